The molecule has 0 spiro atoms. The number of carboxylic acids is 1. The van der Waals surface area contributed by atoms with E-state index in [0.717, 1.165) is 5.56 Å². The minimum absolute atomic E-state index is 0.0481. The fourth-order valence-corrected chi connectivity index (χ4v) is 3.42. The first kappa shape index (κ1) is 24.0. The summed E-state index contributed by atoms with van der Waals surface area (Å²) in [7, 11) is 0. The minimum atomic E-state index is -2.34. The van der Waals surface area contributed by atoms with Crippen molar-refractivity contribution in [3.8, 4) is 5.75 Å². The monoisotopic (exact) mass is 487 g/mol. The zero-order chi connectivity index (χ0) is 25.5. The molecule has 0 fully saturated rings. The van der Waals surface area contributed by atoms with Crippen molar-refractivity contribution in [2.45, 2.75) is 12.3 Å². The van der Waals surface area contributed by atoms with Crippen LogP contribution in [0.2, 0.25) is 0 Å². The van der Waals surface area contributed by atoms with Gasteiger partial charge in [-0.15, -0.1) is 0 Å². The molecule has 4 rings (SSSR count). The Morgan fingerprint density at radius 3 is 2.36 bits per heavy atom. The average Bonchev–Trinajstić information content (AvgIpc) is 3.32. The molecule has 0 aliphatic carbocycles. The number of hydrogen-bond acceptors (Lipinski definition) is 7. The van der Waals surface area contributed by atoms with Gasteiger partial charge in [-0.05, 0) is 42.0 Å². The quantitative estimate of drug-likeness (QED) is 0.121. The first-order chi connectivity index (χ1) is 17.4. The maximum atomic E-state index is 12.3. The number of carbonyl (C=O) groups is 3. The second-order valence-electron chi connectivity index (χ2n) is 7.59. The van der Waals surface area contributed by atoms with Gasteiger partial charge in [0.25, 0.3) is 0 Å². The van der Waals surface area contributed by atoms with Gasteiger partial charge in [-0.2, -0.15) is 0 Å². The number of nitrogens with one attached hydrogen (secondary N) is 3. The van der Waals surface area contributed by atoms with Crippen LogP contribution in [0.25, 0.3) is 11.0 Å². The molecule has 36 heavy (non-hydrogen) atoms. The third-order valence-corrected chi connectivity index (χ3v) is 5.17. The Morgan fingerprint density at radius 2 is 1.69 bits per heavy atom. The van der Waals surface area contributed by atoms with Crippen LogP contribution in [0.4, 0.5) is 4.79 Å². The molecule has 3 aromatic carbocycles. The molecule has 4 N–H and O–H groups in total. The molecule has 1 aromatic heterocycles. The zero-order valence-electron chi connectivity index (χ0n) is 18.8. The Hall–Kier alpha value is -5.12. The highest BCUT2D eigenvalue weighted by atomic mass is 16.6. The molecule has 0 aliphatic rings. The summed E-state index contributed by atoms with van der Waals surface area (Å²) in [5, 5.41) is 23.2. The summed E-state index contributed by atoms with van der Waals surface area (Å²) in [6.07, 6.45) is -0.593. The van der Waals surface area contributed by atoms with E-state index in [-0.39, 0.29) is 35.9 Å². The van der Waals surface area contributed by atoms with Crippen LogP contribution < -0.4 is 15.4 Å². The topological polar surface area (TPSA) is 151 Å². The number of rotatable bonds is 9. The third-order valence-electron chi connectivity index (χ3n) is 5.17. The van der Waals surface area contributed by atoms with Crippen molar-refractivity contribution in [1.82, 2.24) is 10.6 Å². The van der Waals surface area contributed by atoms with Crippen LogP contribution >= 0.6 is 0 Å². The zero-order valence-corrected chi connectivity index (χ0v) is 18.8. The normalized spacial score (nSPS) is 12.2. The average molecular weight is 487 g/mol. The van der Waals surface area contributed by atoms with Crippen LogP contribution in [-0.2, 0) is 26.7 Å². The van der Waals surface area contributed by atoms with E-state index < -0.39 is 17.8 Å². The first-order valence-corrected chi connectivity index (χ1v) is 10.7. The Kier molecular flexibility index (Phi) is 6.96. The number of para-hydroxylation sites is 1. The summed E-state index contributed by atoms with van der Waals surface area (Å²) in [6.45, 7) is 0.0481. The molecule has 182 valence electrons. The van der Waals surface area contributed by atoms with Crippen molar-refractivity contribution in [3.05, 3.63) is 102 Å². The van der Waals surface area contributed by atoms with Gasteiger partial charge >= 0.3 is 17.8 Å². The van der Waals surface area contributed by atoms with Crippen molar-refractivity contribution in [2.24, 2.45) is 0 Å². The van der Waals surface area contributed by atoms with Crippen LogP contribution in [0.3, 0.4) is 0 Å². The number of carboxylic acid groups (broad SMARTS) is 1. The number of hydrogen-bond donors (Lipinski definition) is 4. The molecule has 4 aromatic rings. The number of furan rings is 1. The number of fused-ring (bicyclic) bond motifs is 1. The van der Waals surface area contributed by atoms with Crippen molar-refractivity contribution in [3.63, 3.8) is 0 Å². The molecule has 1 heterocycles. The highest BCUT2D eigenvalue weighted by molar-refractivity contribution is 6.06. The Bertz CT molecular complexity index is 1400. The Labute approximate surface area is 205 Å². The number of amidine groups is 1. The lowest BCUT2D eigenvalue weighted by atomic mass is 10.1. The van der Waals surface area contributed by atoms with E-state index in [0.29, 0.717) is 10.9 Å². The summed E-state index contributed by atoms with van der Waals surface area (Å²) < 4.78 is 16.5. The third kappa shape index (κ3) is 5.17. The van der Waals surface area contributed by atoms with Crippen LogP contribution in [-0.4, -0.2) is 29.4 Å². The smallest absolute Gasteiger partial charge is 0.413 e. The van der Waals surface area contributed by atoms with Gasteiger partial charge < -0.3 is 24.3 Å². The van der Waals surface area contributed by atoms with E-state index in [2.05, 4.69) is 10.6 Å². The lowest BCUT2D eigenvalue weighted by molar-refractivity contribution is -0.163. The van der Waals surface area contributed by atoms with Gasteiger partial charge in [-0.3, -0.25) is 15.5 Å². The summed E-state index contributed by atoms with van der Waals surface area (Å²) in [4.78, 5) is 35.7. The lowest BCUT2D eigenvalue weighted by Crippen LogP contribution is -2.53. The van der Waals surface area contributed by atoms with Crippen molar-refractivity contribution >= 4 is 35.3 Å². The Balaban J connectivity index is 1.55. The molecule has 10 heteroatoms. The van der Waals surface area contributed by atoms with Crippen LogP contribution in [0.1, 0.15) is 16.9 Å². The summed E-state index contributed by atoms with van der Waals surface area (Å²) >= 11 is 0. The number of aliphatic carboxylic acids is 1. The molecule has 2 amide bonds. The van der Waals surface area contributed by atoms with Crippen molar-refractivity contribution in [1.29, 1.82) is 5.41 Å². The van der Waals surface area contributed by atoms with Gasteiger partial charge in [0.05, 0.1) is 0 Å². The van der Waals surface area contributed by atoms with Crippen LogP contribution in [0, 0.1) is 5.41 Å². The fourth-order valence-electron chi connectivity index (χ4n) is 3.42. The number of carbonyl (C=O) groups excluding carboxylic acids is 2. The van der Waals surface area contributed by atoms with E-state index in [1.807, 2.05) is 18.2 Å². The summed E-state index contributed by atoms with van der Waals surface area (Å²) in [5.74, 6) is -1.74. The highest BCUT2D eigenvalue weighted by Crippen LogP contribution is 2.31. The number of amides is 2. The molecule has 0 saturated carbocycles. The number of alkyl carbamates (subject to hydrolysis) is 1. The van der Waals surface area contributed by atoms with Crippen molar-refractivity contribution < 1.29 is 33.4 Å². The molecule has 1 atom stereocenters. The molecular weight excluding hydrogens is 466 g/mol. The van der Waals surface area contributed by atoms with E-state index in [1.165, 1.54) is 36.4 Å². The van der Waals surface area contributed by atoms with E-state index in [4.69, 9.17) is 19.3 Å². The highest BCUT2D eigenvalue weighted by Gasteiger charge is 2.47. The minimum Gasteiger partial charge on any atom is -0.476 e. The fraction of sp³-hybridized carbons (Fsp3) is 0.0769. The van der Waals surface area contributed by atoms with E-state index in [9.17, 15) is 19.5 Å². The van der Waals surface area contributed by atoms with Gasteiger partial charge in [0.2, 0.25) is 6.41 Å². The molecule has 10 nitrogen and oxygen atoms in total. The molecule has 1 unspecified atom stereocenters. The second kappa shape index (κ2) is 10.4. The maximum absolute atomic E-state index is 12.3. The molecule has 0 bridgehead atoms. The summed E-state index contributed by atoms with van der Waals surface area (Å²) in [6, 6.07) is 23.1. The molecule has 0 radical (unpaired) electrons. The SMILES string of the molecule is N=C(NC(=O)OCc1ccccc1)c1ccc2oc(C(NC=O)(Oc3ccccc3)C(=O)O)cc2c1. The van der Waals surface area contributed by atoms with Gasteiger partial charge in [0.15, 0.2) is 5.76 Å². The standard InChI is InChI=1S/C26H21N3O7/c27-23(29-25(33)34-15-17-7-3-1-4-8-17)18-11-12-21-19(13-18)14-22(35-21)26(24(31)32,28-16-30)36-20-9-5-2-6-10-20/h1-14,16H,15H2,(H,28,30)(H,31,32)(H2,27,29,33). The van der Waals surface area contributed by atoms with Gasteiger partial charge in [0.1, 0.15) is 23.8 Å². The largest absolute Gasteiger partial charge is 0.476 e. The molecule has 0 saturated heterocycles. The molecule has 0 aliphatic heterocycles. The second-order valence-corrected chi connectivity index (χ2v) is 7.59. The number of ether oxygens (including phenoxy) is 2. The summed E-state index contributed by atoms with van der Waals surface area (Å²) in [5.41, 5.74) is -0.937. The van der Waals surface area contributed by atoms with Gasteiger partial charge in [-0.25, -0.2) is 9.59 Å². The van der Waals surface area contributed by atoms with Crippen molar-refractivity contribution in [2.75, 3.05) is 0 Å². The van der Waals surface area contributed by atoms with Gasteiger partial charge in [0, 0.05) is 10.9 Å². The predicted molar refractivity (Wildman–Crippen MR) is 128 cm³/mol. The van der Waals surface area contributed by atoms with Gasteiger partial charge in [-0.1, -0.05) is 48.5 Å². The molecular formula is C26H21N3O7. The van der Waals surface area contributed by atoms with E-state index >= 15 is 0 Å². The maximum Gasteiger partial charge on any atom is 0.413 e. The van der Waals surface area contributed by atoms with E-state index in [1.54, 1.807) is 30.3 Å². The first-order valence-electron chi connectivity index (χ1n) is 10.7. The van der Waals surface area contributed by atoms with Crippen LogP contribution in [0.15, 0.2) is 89.3 Å². The lowest BCUT2D eigenvalue weighted by Gasteiger charge is -2.27. The Morgan fingerprint density at radius 1 is 1.00 bits per heavy atom. The van der Waals surface area contributed by atoms with Crippen LogP contribution in [0.5, 0.6) is 5.75 Å². The predicted octanol–water partition coefficient (Wildman–Crippen LogP) is 3.75. The number of benzene rings is 3.